The summed E-state index contributed by atoms with van der Waals surface area (Å²) in [4.78, 5) is 0. The van der Waals surface area contributed by atoms with Gasteiger partial charge in [0.1, 0.15) is 0 Å². The van der Waals surface area contributed by atoms with Crippen LogP contribution < -0.4 is 4.72 Å². The lowest BCUT2D eigenvalue weighted by atomic mass is 10.1. The largest absolute Gasteiger partial charge is 0.216 e. The predicted octanol–water partition coefficient (Wildman–Crippen LogP) is 0.938. The smallest absolute Gasteiger partial charge is 0.212 e. The third kappa shape index (κ3) is 3.70. The Morgan fingerprint density at radius 2 is 2.07 bits per heavy atom. The molecule has 0 saturated heterocycles. The van der Waals surface area contributed by atoms with Crippen LogP contribution in [-0.4, -0.2) is 15.0 Å². The van der Waals surface area contributed by atoms with Crippen LogP contribution in [0.2, 0.25) is 0 Å². The highest BCUT2D eigenvalue weighted by atomic mass is 32.2. The fraction of sp³-hybridized carbons (Fsp3) is 0.300. The Kier molecular flexibility index (Phi) is 3.83. The molecule has 1 aromatic carbocycles. The first-order valence-electron chi connectivity index (χ1n) is 4.44. The highest BCUT2D eigenvalue weighted by Crippen LogP contribution is 2.10. The molecule has 5 heteroatoms. The van der Waals surface area contributed by atoms with Gasteiger partial charge < -0.3 is 0 Å². The lowest BCUT2D eigenvalue weighted by Gasteiger charge is -2.06. The summed E-state index contributed by atoms with van der Waals surface area (Å²) in [6, 6.07) is 9.00. The molecule has 1 N–H and O–H groups in total. The van der Waals surface area contributed by atoms with Crippen molar-refractivity contribution < 1.29 is 8.42 Å². The molecule has 1 rings (SSSR count). The standard InChI is InChI=1S/C10H12N2O2S/c1-9-4-2-3-5-10(9)8-15(13,14)12-7-6-11/h2-5,12H,7-8H2,1H3. The molecule has 0 spiro atoms. The molecule has 0 saturated carbocycles. The first kappa shape index (κ1) is 11.7. The maximum Gasteiger partial charge on any atom is 0.216 e. The van der Waals surface area contributed by atoms with Crippen LogP contribution in [0.3, 0.4) is 0 Å². The van der Waals surface area contributed by atoms with Crippen molar-refractivity contribution in [2.75, 3.05) is 6.54 Å². The van der Waals surface area contributed by atoms with E-state index in [1.54, 1.807) is 18.2 Å². The zero-order valence-corrected chi connectivity index (χ0v) is 9.21. The van der Waals surface area contributed by atoms with Gasteiger partial charge in [-0.3, -0.25) is 0 Å². The number of hydrogen-bond acceptors (Lipinski definition) is 3. The van der Waals surface area contributed by atoms with E-state index in [9.17, 15) is 8.42 Å². The second-order valence-electron chi connectivity index (χ2n) is 3.16. The van der Waals surface area contributed by atoms with Crippen molar-refractivity contribution in [3.8, 4) is 6.07 Å². The van der Waals surface area contributed by atoms with E-state index in [2.05, 4.69) is 4.72 Å². The first-order chi connectivity index (χ1) is 7.05. The fourth-order valence-corrected chi connectivity index (χ4v) is 2.29. The molecule has 0 heterocycles. The summed E-state index contributed by atoms with van der Waals surface area (Å²) in [6.45, 7) is 1.67. The highest BCUT2D eigenvalue weighted by molar-refractivity contribution is 7.88. The van der Waals surface area contributed by atoms with Gasteiger partial charge in [-0.05, 0) is 18.1 Å². The van der Waals surface area contributed by atoms with E-state index >= 15 is 0 Å². The van der Waals surface area contributed by atoms with Gasteiger partial charge in [0.15, 0.2) is 0 Å². The SMILES string of the molecule is Cc1ccccc1CS(=O)(=O)NCC#N. The maximum atomic E-state index is 11.4. The molecular formula is C10H12N2O2S. The molecule has 0 aromatic heterocycles. The second-order valence-corrected chi connectivity index (χ2v) is 4.97. The Hall–Kier alpha value is -1.38. The molecular weight excluding hydrogens is 212 g/mol. The number of hydrogen-bond donors (Lipinski definition) is 1. The van der Waals surface area contributed by atoms with Gasteiger partial charge >= 0.3 is 0 Å². The monoisotopic (exact) mass is 224 g/mol. The Morgan fingerprint density at radius 1 is 1.40 bits per heavy atom. The minimum absolute atomic E-state index is 0.0820. The number of benzene rings is 1. The minimum Gasteiger partial charge on any atom is -0.212 e. The Morgan fingerprint density at radius 3 is 2.67 bits per heavy atom. The molecule has 0 fully saturated rings. The molecule has 0 unspecified atom stereocenters. The normalized spacial score (nSPS) is 10.9. The van der Waals surface area contributed by atoms with Gasteiger partial charge in [0, 0.05) is 0 Å². The van der Waals surface area contributed by atoms with E-state index in [1.807, 2.05) is 19.1 Å². The van der Waals surface area contributed by atoms with Crippen LogP contribution >= 0.6 is 0 Å². The van der Waals surface area contributed by atoms with Crippen molar-refractivity contribution >= 4 is 10.0 Å². The molecule has 0 atom stereocenters. The van der Waals surface area contributed by atoms with Crippen molar-refractivity contribution in [2.45, 2.75) is 12.7 Å². The zero-order chi connectivity index (χ0) is 11.3. The van der Waals surface area contributed by atoms with Crippen molar-refractivity contribution in [3.05, 3.63) is 35.4 Å². The number of nitrogens with one attached hydrogen (secondary N) is 1. The average Bonchev–Trinajstić information content (AvgIpc) is 2.18. The Balaban J connectivity index is 2.79. The maximum absolute atomic E-state index is 11.4. The fourth-order valence-electron chi connectivity index (χ4n) is 1.17. The third-order valence-electron chi connectivity index (χ3n) is 1.98. The number of nitriles is 1. The highest BCUT2D eigenvalue weighted by Gasteiger charge is 2.11. The molecule has 0 aliphatic rings. The van der Waals surface area contributed by atoms with E-state index in [4.69, 9.17) is 5.26 Å². The van der Waals surface area contributed by atoms with Gasteiger partial charge in [0.2, 0.25) is 10.0 Å². The quantitative estimate of drug-likeness (QED) is 0.774. The summed E-state index contributed by atoms with van der Waals surface area (Å²) in [5.41, 5.74) is 1.68. The molecule has 0 aliphatic heterocycles. The van der Waals surface area contributed by atoms with Crippen LogP contribution in [0, 0.1) is 18.3 Å². The van der Waals surface area contributed by atoms with Crippen molar-refractivity contribution in [3.63, 3.8) is 0 Å². The molecule has 0 amide bonds. The number of rotatable bonds is 4. The second kappa shape index (κ2) is 4.91. The summed E-state index contributed by atoms with van der Waals surface area (Å²) in [5.74, 6) is -0.0820. The molecule has 0 aliphatic carbocycles. The van der Waals surface area contributed by atoms with Gasteiger partial charge in [-0.1, -0.05) is 24.3 Å². The minimum atomic E-state index is -3.39. The van der Waals surface area contributed by atoms with E-state index in [-0.39, 0.29) is 12.3 Å². The zero-order valence-electron chi connectivity index (χ0n) is 8.40. The number of sulfonamides is 1. The van der Waals surface area contributed by atoms with E-state index in [1.165, 1.54) is 0 Å². The molecule has 4 nitrogen and oxygen atoms in total. The molecule has 0 radical (unpaired) electrons. The summed E-state index contributed by atoms with van der Waals surface area (Å²) in [5, 5.41) is 8.27. The van der Waals surface area contributed by atoms with Gasteiger partial charge in [0.05, 0.1) is 18.4 Å². The first-order valence-corrected chi connectivity index (χ1v) is 6.09. The lowest BCUT2D eigenvalue weighted by Crippen LogP contribution is -2.25. The Bertz CT molecular complexity index is 474. The number of aryl methyl sites for hydroxylation is 1. The Labute approximate surface area is 89.6 Å². The van der Waals surface area contributed by atoms with Crippen LogP contribution in [0.25, 0.3) is 0 Å². The summed E-state index contributed by atoms with van der Waals surface area (Å²) in [7, 11) is -3.39. The summed E-state index contributed by atoms with van der Waals surface area (Å²) < 4.78 is 25.1. The van der Waals surface area contributed by atoms with Crippen LogP contribution in [0.1, 0.15) is 11.1 Å². The van der Waals surface area contributed by atoms with Crippen LogP contribution in [-0.2, 0) is 15.8 Å². The number of nitrogens with zero attached hydrogens (tertiary/aromatic N) is 1. The van der Waals surface area contributed by atoms with E-state index in [0.717, 1.165) is 11.1 Å². The van der Waals surface area contributed by atoms with Gasteiger partial charge in [-0.25, -0.2) is 13.1 Å². The summed E-state index contributed by atoms with van der Waals surface area (Å²) >= 11 is 0. The van der Waals surface area contributed by atoms with Crippen LogP contribution in [0.4, 0.5) is 0 Å². The van der Waals surface area contributed by atoms with Gasteiger partial charge in [-0.2, -0.15) is 5.26 Å². The summed E-state index contributed by atoms with van der Waals surface area (Å²) in [6.07, 6.45) is 0. The molecule has 15 heavy (non-hydrogen) atoms. The molecule has 0 bridgehead atoms. The van der Waals surface area contributed by atoms with E-state index in [0.29, 0.717) is 0 Å². The molecule has 80 valence electrons. The van der Waals surface area contributed by atoms with Crippen molar-refractivity contribution in [2.24, 2.45) is 0 Å². The van der Waals surface area contributed by atoms with Crippen LogP contribution in [0.15, 0.2) is 24.3 Å². The average molecular weight is 224 g/mol. The van der Waals surface area contributed by atoms with Crippen LogP contribution in [0.5, 0.6) is 0 Å². The van der Waals surface area contributed by atoms with E-state index < -0.39 is 10.0 Å². The predicted molar refractivity (Wildman–Crippen MR) is 57.4 cm³/mol. The topological polar surface area (TPSA) is 70.0 Å². The van der Waals surface area contributed by atoms with Gasteiger partial charge in [0.25, 0.3) is 0 Å². The third-order valence-corrected chi connectivity index (χ3v) is 3.25. The van der Waals surface area contributed by atoms with Gasteiger partial charge in [-0.15, -0.1) is 0 Å². The van der Waals surface area contributed by atoms with Crippen molar-refractivity contribution in [1.82, 2.24) is 4.72 Å². The molecule has 1 aromatic rings. The lowest BCUT2D eigenvalue weighted by molar-refractivity contribution is 0.585. The van der Waals surface area contributed by atoms with Crippen molar-refractivity contribution in [1.29, 1.82) is 5.26 Å².